The zero-order chi connectivity index (χ0) is 13.4. The van der Waals surface area contributed by atoms with Gasteiger partial charge in [0.15, 0.2) is 0 Å². The van der Waals surface area contributed by atoms with E-state index in [-0.39, 0.29) is 25.2 Å². The molecule has 0 saturated heterocycles. The van der Waals surface area contributed by atoms with Crippen LogP contribution in [-0.4, -0.2) is 30.3 Å². The van der Waals surface area contributed by atoms with Gasteiger partial charge in [0.2, 0.25) is 0 Å². The Hall–Kier alpha value is -1.91. The first-order valence-corrected chi connectivity index (χ1v) is 5.89. The van der Waals surface area contributed by atoms with Crippen molar-refractivity contribution in [3.8, 4) is 0 Å². The predicted octanol–water partition coefficient (Wildman–Crippen LogP) is 1.55. The number of nitrogens with zero attached hydrogens (tertiary/aromatic N) is 1. The van der Waals surface area contributed by atoms with E-state index in [1.807, 2.05) is 18.2 Å². The molecular weight excluding hydrogens is 234 g/mol. The largest absolute Gasteiger partial charge is 0.338 e. The summed E-state index contributed by atoms with van der Waals surface area (Å²) in [7, 11) is 1.38. The van der Waals surface area contributed by atoms with E-state index in [1.54, 1.807) is 0 Å². The van der Waals surface area contributed by atoms with Gasteiger partial charge < -0.3 is 9.63 Å². The normalized spacial score (nSPS) is 13.1. The van der Waals surface area contributed by atoms with E-state index in [2.05, 4.69) is 0 Å². The standard InChI is InChI=1S/C13H17NO4/c1-14(12(16)7-4-10-15)18-13(17)9-8-11-5-2-3-6-11/h2-3,5,10H,4,6-9H2,1H3. The van der Waals surface area contributed by atoms with Gasteiger partial charge in [-0.25, -0.2) is 4.79 Å². The smallest absolute Gasteiger partial charge is 0.332 e. The average molecular weight is 251 g/mol. The van der Waals surface area contributed by atoms with Gasteiger partial charge in [-0.2, -0.15) is 5.06 Å². The molecule has 0 radical (unpaired) electrons. The van der Waals surface area contributed by atoms with Crippen molar-refractivity contribution >= 4 is 18.2 Å². The Balaban J connectivity index is 2.22. The Morgan fingerprint density at radius 3 is 2.83 bits per heavy atom. The number of aldehydes is 1. The SMILES string of the molecule is CN(OC(=O)CCC1=CC=CC1)C(=O)CCC=O. The van der Waals surface area contributed by atoms with Gasteiger partial charge in [-0.05, 0) is 12.8 Å². The molecule has 0 aromatic heterocycles. The second-order valence-electron chi connectivity index (χ2n) is 4.02. The number of hydrogen-bond acceptors (Lipinski definition) is 4. The Morgan fingerprint density at radius 1 is 1.44 bits per heavy atom. The second-order valence-corrected chi connectivity index (χ2v) is 4.02. The summed E-state index contributed by atoms with van der Waals surface area (Å²) in [6.45, 7) is 0. The van der Waals surface area contributed by atoms with Crippen LogP contribution in [0, 0.1) is 0 Å². The summed E-state index contributed by atoms with van der Waals surface area (Å²) in [5.74, 6) is -0.818. The van der Waals surface area contributed by atoms with Gasteiger partial charge in [0.05, 0.1) is 6.42 Å². The summed E-state index contributed by atoms with van der Waals surface area (Å²) in [6.07, 6.45) is 8.58. The fourth-order valence-corrected chi connectivity index (χ4v) is 1.53. The quantitative estimate of drug-likeness (QED) is 0.530. The molecule has 5 heteroatoms. The first kappa shape index (κ1) is 14.2. The minimum Gasteiger partial charge on any atom is -0.338 e. The number of allylic oxidation sites excluding steroid dienone is 4. The number of carbonyl (C=O) groups is 3. The van der Waals surface area contributed by atoms with E-state index in [1.165, 1.54) is 12.6 Å². The summed E-state index contributed by atoms with van der Waals surface area (Å²) < 4.78 is 0. The molecule has 1 amide bonds. The molecular formula is C13H17NO4. The molecule has 1 rings (SSSR count). The Labute approximate surface area is 106 Å². The molecule has 0 fully saturated rings. The molecule has 1 aliphatic rings. The van der Waals surface area contributed by atoms with Crippen LogP contribution in [0.4, 0.5) is 0 Å². The van der Waals surface area contributed by atoms with Crippen molar-refractivity contribution < 1.29 is 19.2 Å². The molecule has 0 bridgehead atoms. The Morgan fingerprint density at radius 2 is 2.22 bits per heavy atom. The molecule has 0 atom stereocenters. The van der Waals surface area contributed by atoms with Crippen molar-refractivity contribution in [1.82, 2.24) is 5.06 Å². The van der Waals surface area contributed by atoms with Gasteiger partial charge >= 0.3 is 5.97 Å². The van der Waals surface area contributed by atoms with Gasteiger partial charge in [0, 0.05) is 19.9 Å². The molecule has 1 aliphatic carbocycles. The highest BCUT2D eigenvalue weighted by atomic mass is 16.7. The Kier molecular flexibility index (Phi) is 5.84. The fraction of sp³-hybridized carbons (Fsp3) is 0.462. The summed E-state index contributed by atoms with van der Waals surface area (Å²) in [4.78, 5) is 37.8. The second kappa shape index (κ2) is 7.42. The molecule has 18 heavy (non-hydrogen) atoms. The van der Waals surface area contributed by atoms with Crippen molar-refractivity contribution in [3.05, 3.63) is 23.8 Å². The van der Waals surface area contributed by atoms with Crippen LogP contribution in [0.1, 0.15) is 32.1 Å². The van der Waals surface area contributed by atoms with Crippen molar-refractivity contribution in [3.63, 3.8) is 0 Å². The number of hydroxylamine groups is 2. The van der Waals surface area contributed by atoms with Crippen LogP contribution in [0.25, 0.3) is 0 Å². The summed E-state index contributed by atoms with van der Waals surface area (Å²) in [6, 6.07) is 0. The first-order chi connectivity index (χ1) is 8.63. The highest BCUT2D eigenvalue weighted by Crippen LogP contribution is 2.16. The fourth-order valence-electron chi connectivity index (χ4n) is 1.53. The maximum absolute atomic E-state index is 11.5. The van der Waals surface area contributed by atoms with E-state index in [4.69, 9.17) is 4.84 Å². The lowest BCUT2D eigenvalue weighted by Gasteiger charge is -2.15. The predicted molar refractivity (Wildman–Crippen MR) is 65.2 cm³/mol. The molecule has 0 unspecified atom stereocenters. The zero-order valence-electron chi connectivity index (χ0n) is 10.4. The lowest BCUT2D eigenvalue weighted by Crippen LogP contribution is -2.29. The third-order valence-corrected chi connectivity index (χ3v) is 2.56. The van der Waals surface area contributed by atoms with Gasteiger partial charge in [-0.1, -0.05) is 23.8 Å². The van der Waals surface area contributed by atoms with Crippen LogP contribution in [0.2, 0.25) is 0 Å². The van der Waals surface area contributed by atoms with E-state index >= 15 is 0 Å². The van der Waals surface area contributed by atoms with E-state index < -0.39 is 5.97 Å². The molecule has 0 N–H and O–H groups in total. The molecule has 98 valence electrons. The van der Waals surface area contributed by atoms with Crippen LogP contribution in [0.3, 0.4) is 0 Å². The highest BCUT2D eigenvalue weighted by molar-refractivity contribution is 5.79. The van der Waals surface area contributed by atoms with E-state index in [9.17, 15) is 14.4 Å². The van der Waals surface area contributed by atoms with Gasteiger partial charge in [0.25, 0.3) is 5.91 Å². The van der Waals surface area contributed by atoms with Crippen LogP contribution >= 0.6 is 0 Å². The number of amides is 1. The van der Waals surface area contributed by atoms with Crippen molar-refractivity contribution in [2.24, 2.45) is 0 Å². The Bertz CT molecular complexity index is 384. The first-order valence-electron chi connectivity index (χ1n) is 5.89. The molecule has 0 heterocycles. The number of carbonyl (C=O) groups excluding carboxylic acids is 3. The molecule has 0 spiro atoms. The minimum absolute atomic E-state index is 0.0579. The molecule has 5 nitrogen and oxygen atoms in total. The molecule has 0 saturated carbocycles. The maximum Gasteiger partial charge on any atom is 0.332 e. The molecule has 0 aromatic carbocycles. The summed E-state index contributed by atoms with van der Waals surface area (Å²) >= 11 is 0. The zero-order valence-corrected chi connectivity index (χ0v) is 10.4. The monoisotopic (exact) mass is 251 g/mol. The summed E-state index contributed by atoms with van der Waals surface area (Å²) in [5, 5.41) is 0.896. The van der Waals surface area contributed by atoms with Crippen LogP contribution in [0.15, 0.2) is 23.8 Å². The van der Waals surface area contributed by atoms with E-state index in [0.29, 0.717) is 12.7 Å². The van der Waals surface area contributed by atoms with Gasteiger partial charge in [-0.3, -0.25) is 4.79 Å². The topological polar surface area (TPSA) is 63.7 Å². The third kappa shape index (κ3) is 4.95. The molecule has 0 aliphatic heterocycles. The summed E-state index contributed by atoms with van der Waals surface area (Å²) in [5.41, 5.74) is 1.18. The maximum atomic E-state index is 11.5. The lowest BCUT2D eigenvalue weighted by molar-refractivity contribution is -0.192. The van der Waals surface area contributed by atoms with Crippen molar-refractivity contribution in [2.45, 2.75) is 32.1 Å². The van der Waals surface area contributed by atoms with Gasteiger partial charge in [-0.15, -0.1) is 0 Å². The molecule has 0 aromatic rings. The third-order valence-electron chi connectivity index (χ3n) is 2.56. The van der Waals surface area contributed by atoms with Gasteiger partial charge in [0.1, 0.15) is 6.29 Å². The van der Waals surface area contributed by atoms with E-state index in [0.717, 1.165) is 11.5 Å². The number of hydrogen-bond donors (Lipinski definition) is 0. The van der Waals surface area contributed by atoms with Crippen molar-refractivity contribution in [2.75, 3.05) is 7.05 Å². The van der Waals surface area contributed by atoms with Crippen LogP contribution in [-0.2, 0) is 19.2 Å². The highest BCUT2D eigenvalue weighted by Gasteiger charge is 2.14. The van der Waals surface area contributed by atoms with Crippen LogP contribution in [0.5, 0.6) is 0 Å². The number of rotatable bonds is 6. The van der Waals surface area contributed by atoms with Crippen LogP contribution < -0.4 is 0 Å². The average Bonchev–Trinajstić information content (AvgIpc) is 2.86. The lowest BCUT2D eigenvalue weighted by atomic mass is 10.1. The minimum atomic E-state index is -0.440. The van der Waals surface area contributed by atoms with Crippen molar-refractivity contribution in [1.29, 1.82) is 0 Å².